The molecule has 0 aliphatic heterocycles. The zero-order valence-corrected chi connectivity index (χ0v) is 8.90. The molecular formula is C11H12FN3O. The Kier molecular flexibility index (Phi) is 4.40. The SMILES string of the molecule is CCC(CC#N)NC(=O)c1ccc(F)cn1. The van der Waals surface area contributed by atoms with Crippen molar-refractivity contribution in [2.75, 3.05) is 0 Å². The molecule has 84 valence electrons. The minimum absolute atomic E-state index is 0.151. The second-order valence-corrected chi connectivity index (χ2v) is 3.30. The molecule has 1 atom stereocenters. The number of nitrogens with one attached hydrogen (secondary N) is 1. The zero-order chi connectivity index (χ0) is 12.0. The Morgan fingerprint density at radius 2 is 2.44 bits per heavy atom. The van der Waals surface area contributed by atoms with Gasteiger partial charge in [0.15, 0.2) is 0 Å². The maximum Gasteiger partial charge on any atom is 0.270 e. The molecule has 0 saturated carbocycles. The Bertz CT molecular complexity index is 397. The summed E-state index contributed by atoms with van der Waals surface area (Å²) in [5.41, 5.74) is 0.151. The van der Waals surface area contributed by atoms with Crippen LogP contribution in [0, 0.1) is 17.1 Å². The van der Waals surface area contributed by atoms with Crippen molar-refractivity contribution in [1.82, 2.24) is 10.3 Å². The monoisotopic (exact) mass is 221 g/mol. The van der Waals surface area contributed by atoms with Crippen LogP contribution in [0.2, 0.25) is 0 Å². The number of amides is 1. The zero-order valence-electron chi connectivity index (χ0n) is 8.90. The van der Waals surface area contributed by atoms with Crippen molar-refractivity contribution in [3.8, 4) is 6.07 Å². The van der Waals surface area contributed by atoms with Crippen LogP contribution in [0.3, 0.4) is 0 Å². The maximum absolute atomic E-state index is 12.6. The van der Waals surface area contributed by atoms with Crippen molar-refractivity contribution < 1.29 is 9.18 Å². The van der Waals surface area contributed by atoms with Gasteiger partial charge in [-0.05, 0) is 18.6 Å². The van der Waals surface area contributed by atoms with E-state index in [0.717, 1.165) is 6.20 Å². The number of aromatic nitrogens is 1. The van der Waals surface area contributed by atoms with E-state index < -0.39 is 5.82 Å². The first-order chi connectivity index (χ1) is 7.67. The molecule has 1 N–H and O–H groups in total. The Labute approximate surface area is 93.1 Å². The lowest BCUT2D eigenvalue weighted by Crippen LogP contribution is -2.34. The molecule has 0 aliphatic rings. The number of carbonyl (C=O) groups excluding carboxylic acids is 1. The summed E-state index contributed by atoms with van der Waals surface area (Å²) in [7, 11) is 0. The molecule has 1 rings (SSSR count). The lowest BCUT2D eigenvalue weighted by Gasteiger charge is -2.12. The van der Waals surface area contributed by atoms with Gasteiger partial charge >= 0.3 is 0 Å². The van der Waals surface area contributed by atoms with Crippen LogP contribution in [-0.2, 0) is 0 Å². The highest BCUT2D eigenvalue weighted by molar-refractivity contribution is 5.92. The standard InChI is InChI=1S/C11H12FN3O/c1-2-9(5-6-13)15-11(16)10-4-3-8(12)7-14-10/h3-4,7,9H,2,5H2,1H3,(H,15,16). The van der Waals surface area contributed by atoms with Gasteiger partial charge in [0.25, 0.3) is 5.91 Å². The van der Waals surface area contributed by atoms with Crippen molar-refractivity contribution in [2.24, 2.45) is 0 Å². The lowest BCUT2D eigenvalue weighted by molar-refractivity contribution is 0.0931. The number of nitrogens with zero attached hydrogens (tertiary/aromatic N) is 2. The van der Waals surface area contributed by atoms with Crippen LogP contribution in [0.25, 0.3) is 0 Å². The van der Waals surface area contributed by atoms with E-state index in [-0.39, 0.29) is 24.1 Å². The van der Waals surface area contributed by atoms with Gasteiger partial charge in [0.1, 0.15) is 11.5 Å². The van der Waals surface area contributed by atoms with Crippen molar-refractivity contribution in [1.29, 1.82) is 5.26 Å². The van der Waals surface area contributed by atoms with Crippen LogP contribution >= 0.6 is 0 Å². The normalized spacial score (nSPS) is 11.6. The molecule has 5 heteroatoms. The summed E-state index contributed by atoms with van der Waals surface area (Å²) in [5, 5.41) is 11.2. The highest BCUT2D eigenvalue weighted by Gasteiger charge is 2.12. The quantitative estimate of drug-likeness (QED) is 0.840. The number of pyridine rings is 1. The molecule has 4 nitrogen and oxygen atoms in total. The summed E-state index contributed by atoms with van der Waals surface area (Å²) < 4.78 is 12.6. The second-order valence-electron chi connectivity index (χ2n) is 3.30. The molecule has 1 amide bonds. The molecule has 0 aliphatic carbocycles. The molecule has 1 aromatic rings. The largest absolute Gasteiger partial charge is 0.347 e. The van der Waals surface area contributed by atoms with E-state index >= 15 is 0 Å². The van der Waals surface area contributed by atoms with Crippen LogP contribution in [0.15, 0.2) is 18.3 Å². The Morgan fingerprint density at radius 3 is 2.94 bits per heavy atom. The summed E-state index contributed by atoms with van der Waals surface area (Å²) in [4.78, 5) is 15.3. The number of rotatable bonds is 4. The summed E-state index contributed by atoms with van der Waals surface area (Å²) in [5.74, 6) is -0.872. The van der Waals surface area contributed by atoms with Gasteiger partial charge in [-0.15, -0.1) is 0 Å². The van der Waals surface area contributed by atoms with Gasteiger partial charge in [0.05, 0.1) is 18.7 Å². The maximum atomic E-state index is 12.6. The molecule has 1 unspecified atom stereocenters. The van der Waals surface area contributed by atoms with Gasteiger partial charge in [-0.25, -0.2) is 9.37 Å². The Hall–Kier alpha value is -1.96. The van der Waals surface area contributed by atoms with Gasteiger partial charge < -0.3 is 5.32 Å². The second kappa shape index (κ2) is 5.81. The van der Waals surface area contributed by atoms with E-state index in [1.807, 2.05) is 13.0 Å². The first kappa shape index (κ1) is 12.1. The fraction of sp³-hybridized carbons (Fsp3) is 0.364. The van der Waals surface area contributed by atoms with Gasteiger partial charge in [-0.1, -0.05) is 6.92 Å². The molecule has 1 heterocycles. The third-order valence-electron chi connectivity index (χ3n) is 2.13. The van der Waals surface area contributed by atoms with Gasteiger partial charge in [-0.3, -0.25) is 4.79 Å². The first-order valence-electron chi connectivity index (χ1n) is 4.96. The minimum atomic E-state index is -0.486. The molecule has 1 aromatic heterocycles. The number of hydrogen-bond donors (Lipinski definition) is 1. The highest BCUT2D eigenvalue weighted by Crippen LogP contribution is 2.01. The number of nitriles is 1. The summed E-state index contributed by atoms with van der Waals surface area (Å²) >= 11 is 0. The summed E-state index contributed by atoms with van der Waals surface area (Å²) in [6.45, 7) is 1.88. The van der Waals surface area contributed by atoms with Crippen molar-refractivity contribution in [3.05, 3.63) is 29.8 Å². The fourth-order valence-electron chi connectivity index (χ4n) is 1.18. The van der Waals surface area contributed by atoms with Crippen LogP contribution in [0.4, 0.5) is 4.39 Å². The van der Waals surface area contributed by atoms with Crippen LogP contribution in [-0.4, -0.2) is 16.9 Å². The summed E-state index contributed by atoms with van der Waals surface area (Å²) in [6, 6.07) is 4.28. The average molecular weight is 221 g/mol. The molecule has 0 radical (unpaired) electrons. The molecule has 0 spiro atoms. The van der Waals surface area contributed by atoms with E-state index in [1.54, 1.807) is 0 Å². The van der Waals surface area contributed by atoms with E-state index in [1.165, 1.54) is 12.1 Å². The fourth-order valence-corrected chi connectivity index (χ4v) is 1.18. The van der Waals surface area contributed by atoms with Crippen molar-refractivity contribution in [3.63, 3.8) is 0 Å². The van der Waals surface area contributed by atoms with Gasteiger partial charge in [0.2, 0.25) is 0 Å². The predicted octanol–water partition coefficient (Wildman–Crippen LogP) is 1.64. The smallest absolute Gasteiger partial charge is 0.270 e. The molecule has 16 heavy (non-hydrogen) atoms. The Balaban J connectivity index is 2.65. The highest BCUT2D eigenvalue weighted by atomic mass is 19.1. The molecule has 0 fully saturated rings. The number of carbonyl (C=O) groups is 1. The van der Waals surface area contributed by atoms with Crippen LogP contribution < -0.4 is 5.32 Å². The average Bonchev–Trinajstić information content (AvgIpc) is 2.29. The predicted molar refractivity (Wildman–Crippen MR) is 56.0 cm³/mol. The van der Waals surface area contributed by atoms with E-state index in [9.17, 15) is 9.18 Å². The summed E-state index contributed by atoms with van der Waals surface area (Å²) in [6.07, 6.45) is 1.91. The lowest BCUT2D eigenvalue weighted by atomic mass is 10.1. The van der Waals surface area contributed by atoms with Gasteiger partial charge in [-0.2, -0.15) is 5.26 Å². The molecule has 0 bridgehead atoms. The van der Waals surface area contributed by atoms with E-state index in [2.05, 4.69) is 10.3 Å². The number of halogens is 1. The van der Waals surface area contributed by atoms with Crippen molar-refractivity contribution >= 4 is 5.91 Å². The van der Waals surface area contributed by atoms with E-state index in [0.29, 0.717) is 6.42 Å². The minimum Gasteiger partial charge on any atom is -0.347 e. The first-order valence-corrected chi connectivity index (χ1v) is 4.96. The number of hydrogen-bond acceptors (Lipinski definition) is 3. The Morgan fingerprint density at radius 1 is 1.69 bits per heavy atom. The molecule has 0 aromatic carbocycles. The van der Waals surface area contributed by atoms with Crippen LogP contribution in [0.1, 0.15) is 30.3 Å². The van der Waals surface area contributed by atoms with Crippen LogP contribution in [0.5, 0.6) is 0 Å². The third-order valence-corrected chi connectivity index (χ3v) is 2.13. The molecule has 0 saturated heterocycles. The van der Waals surface area contributed by atoms with Gasteiger partial charge in [0, 0.05) is 6.04 Å². The van der Waals surface area contributed by atoms with E-state index in [4.69, 9.17) is 5.26 Å². The third kappa shape index (κ3) is 3.31. The topological polar surface area (TPSA) is 65.8 Å². The molecular weight excluding hydrogens is 209 g/mol. The van der Waals surface area contributed by atoms with Crippen molar-refractivity contribution in [2.45, 2.75) is 25.8 Å².